The Labute approximate surface area is 179 Å². The number of hydrogen-bond acceptors (Lipinski definition) is 5. The zero-order chi connectivity index (χ0) is 21.7. The first kappa shape index (κ1) is 21.7. The third kappa shape index (κ3) is 4.76. The number of fused-ring (bicyclic) bond motifs is 1. The molecule has 0 saturated carbocycles. The van der Waals surface area contributed by atoms with Crippen molar-refractivity contribution in [1.29, 1.82) is 0 Å². The third-order valence-electron chi connectivity index (χ3n) is 4.84. The Morgan fingerprint density at radius 2 is 1.97 bits per heavy atom. The third-order valence-corrected chi connectivity index (χ3v) is 5.82. The van der Waals surface area contributed by atoms with Crippen molar-refractivity contribution in [2.75, 3.05) is 35.8 Å². The van der Waals surface area contributed by atoms with Gasteiger partial charge in [-0.1, -0.05) is 19.4 Å². The summed E-state index contributed by atoms with van der Waals surface area (Å²) in [5.41, 5.74) is 1.11. The van der Waals surface area contributed by atoms with Crippen LogP contribution in [0.25, 0.3) is 0 Å². The fraction of sp³-hybridized carbons (Fsp3) is 0.318. The van der Waals surface area contributed by atoms with Gasteiger partial charge in [0.25, 0.3) is 0 Å². The Balaban J connectivity index is 1.86. The summed E-state index contributed by atoms with van der Waals surface area (Å²) in [4.78, 5) is 41.1. The molecule has 158 valence electrons. The van der Waals surface area contributed by atoms with E-state index in [1.54, 1.807) is 18.1 Å². The molecule has 0 radical (unpaired) electrons. The lowest BCUT2D eigenvalue weighted by molar-refractivity contribution is -0.121. The second kappa shape index (κ2) is 9.67. The van der Waals surface area contributed by atoms with Crippen molar-refractivity contribution in [3.8, 4) is 5.75 Å². The van der Waals surface area contributed by atoms with E-state index in [0.29, 0.717) is 23.7 Å². The van der Waals surface area contributed by atoms with Crippen LogP contribution >= 0.6 is 11.8 Å². The van der Waals surface area contributed by atoms with Crippen LogP contribution in [0.5, 0.6) is 5.75 Å². The smallest absolute Gasteiger partial charge is 0.335 e. The van der Waals surface area contributed by atoms with Crippen LogP contribution in [0, 0.1) is 0 Å². The van der Waals surface area contributed by atoms with Gasteiger partial charge in [-0.15, -0.1) is 11.8 Å². The van der Waals surface area contributed by atoms with Crippen molar-refractivity contribution in [3.63, 3.8) is 0 Å². The van der Waals surface area contributed by atoms with Gasteiger partial charge < -0.3 is 19.6 Å². The van der Waals surface area contributed by atoms with E-state index < -0.39 is 5.97 Å². The van der Waals surface area contributed by atoms with Gasteiger partial charge in [-0.25, -0.2) is 4.79 Å². The summed E-state index contributed by atoms with van der Waals surface area (Å²) >= 11 is 1.34. The van der Waals surface area contributed by atoms with Crippen LogP contribution in [-0.4, -0.2) is 48.8 Å². The number of carboxylic acid groups (broad SMARTS) is 1. The molecule has 0 fully saturated rings. The number of unbranched alkanes of at least 4 members (excludes halogenated alkanes) is 1. The second-order valence-electron chi connectivity index (χ2n) is 6.86. The van der Waals surface area contributed by atoms with E-state index in [0.717, 1.165) is 17.7 Å². The molecule has 1 aliphatic rings. The Hall–Kier alpha value is -3.00. The molecule has 0 spiro atoms. The maximum atomic E-state index is 13.0. The number of rotatable bonds is 8. The molecule has 0 aliphatic carbocycles. The van der Waals surface area contributed by atoms with Crippen molar-refractivity contribution < 1.29 is 24.2 Å². The number of ether oxygens (including phenoxy) is 1. The molecule has 0 atom stereocenters. The standard InChI is InChI=1S/C22H24N2O5S/c1-3-4-10-23-18-9-8-15(22(27)28)11-19(18)24(13-20(23)25)21(26)14-30-17-7-5-6-16(12-17)29-2/h5-9,11-12H,3-4,10,13-14H2,1-2H3,(H,27,28). The zero-order valence-corrected chi connectivity index (χ0v) is 17.8. The maximum absolute atomic E-state index is 13.0. The fourth-order valence-corrected chi connectivity index (χ4v) is 4.06. The summed E-state index contributed by atoms with van der Waals surface area (Å²) < 4.78 is 5.20. The number of thioether (sulfide) groups is 1. The number of carbonyl (C=O) groups is 3. The number of amides is 2. The highest BCUT2D eigenvalue weighted by Crippen LogP contribution is 2.35. The normalized spacial score (nSPS) is 13.2. The Kier molecular flexibility index (Phi) is 6.99. The molecule has 1 N–H and O–H groups in total. The van der Waals surface area contributed by atoms with Crippen molar-refractivity contribution in [1.82, 2.24) is 0 Å². The minimum Gasteiger partial charge on any atom is -0.497 e. The molecule has 2 aromatic carbocycles. The lowest BCUT2D eigenvalue weighted by Crippen LogP contribution is -2.49. The molecule has 8 heteroatoms. The molecule has 1 heterocycles. The van der Waals surface area contributed by atoms with Gasteiger partial charge in [0.1, 0.15) is 12.3 Å². The molecule has 7 nitrogen and oxygen atoms in total. The van der Waals surface area contributed by atoms with Crippen LogP contribution in [0.4, 0.5) is 11.4 Å². The molecule has 0 aromatic heterocycles. The minimum atomic E-state index is -1.08. The molecule has 3 rings (SSSR count). The largest absolute Gasteiger partial charge is 0.497 e. The van der Waals surface area contributed by atoms with Gasteiger partial charge in [0.15, 0.2) is 0 Å². The highest BCUT2D eigenvalue weighted by molar-refractivity contribution is 8.00. The van der Waals surface area contributed by atoms with Crippen LogP contribution in [0.3, 0.4) is 0 Å². The molecule has 0 saturated heterocycles. The molecule has 2 aromatic rings. The number of carboxylic acids is 1. The summed E-state index contributed by atoms with van der Waals surface area (Å²) in [5, 5.41) is 9.37. The predicted octanol–water partition coefficient (Wildman–Crippen LogP) is 3.67. The number of carbonyl (C=O) groups excluding carboxylic acids is 2. The first-order chi connectivity index (χ1) is 14.4. The lowest BCUT2D eigenvalue weighted by atomic mass is 10.1. The van der Waals surface area contributed by atoms with Crippen molar-refractivity contribution in [2.45, 2.75) is 24.7 Å². The molecular weight excluding hydrogens is 404 g/mol. The van der Waals surface area contributed by atoms with Gasteiger partial charge >= 0.3 is 5.97 Å². The quantitative estimate of drug-likeness (QED) is 0.646. The zero-order valence-electron chi connectivity index (χ0n) is 17.0. The van der Waals surface area contributed by atoms with E-state index in [1.165, 1.54) is 28.8 Å². The minimum absolute atomic E-state index is 0.0804. The summed E-state index contributed by atoms with van der Waals surface area (Å²) in [7, 11) is 1.58. The average molecular weight is 429 g/mol. The SMILES string of the molecule is CCCCN1C(=O)CN(C(=O)CSc2cccc(OC)c2)c2cc(C(=O)O)ccc21. The van der Waals surface area contributed by atoms with E-state index in [1.807, 2.05) is 31.2 Å². The maximum Gasteiger partial charge on any atom is 0.335 e. The Morgan fingerprint density at radius 1 is 1.17 bits per heavy atom. The van der Waals surface area contributed by atoms with Crippen LogP contribution in [0.15, 0.2) is 47.4 Å². The number of nitrogens with zero attached hydrogens (tertiary/aromatic N) is 2. The summed E-state index contributed by atoms with van der Waals surface area (Å²) in [6.45, 7) is 2.47. The highest BCUT2D eigenvalue weighted by atomic mass is 32.2. The van der Waals surface area contributed by atoms with Gasteiger partial charge in [-0.3, -0.25) is 9.59 Å². The number of hydrogen-bond donors (Lipinski definition) is 1. The van der Waals surface area contributed by atoms with Gasteiger partial charge in [0, 0.05) is 11.4 Å². The van der Waals surface area contributed by atoms with Crippen molar-refractivity contribution in [3.05, 3.63) is 48.0 Å². The summed E-state index contributed by atoms with van der Waals surface area (Å²) in [6.07, 6.45) is 1.75. The van der Waals surface area contributed by atoms with Gasteiger partial charge in [-0.05, 0) is 42.8 Å². The van der Waals surface area contributed by atoms with Crippen LogP contribution in [0.1, 0.15) is 30.1 Å². The fourth-order valence-electron chi connectivity index (χ4n) is 3.24. The van der Waals surface area contributed by atoms with Crippen LogP contribution in [0.2, 0.25) is 0 Å². The topological polar surface area (TPSA) is 87.2 Å². The molecule has 30 heavy (non-hydrogen) atoms. The molecule has 1 aliphatic heterocycles. The summed E-state index contributed by atoms with van der Waals surface area (Å²) in [5.74, 6) is -0.683. The molecule has 0 bridgehead atoms. The van der Waals surface area contributed by atoms with E-state index in [9.17, 15) is 19.5 Å². The predicted molar refractivity (Wildman–Crippen MR) is 117 cm³/mol. The molecule has 2 amide bonds. The first-order valence-electron chi connectivity index (χ1n) is 9.69. The van der Waals surface area contributed by atoms with Crippen LogP contribution in [-0.2, 0) is 9.59 Å². The van der Waals surface area contributed by atoms with Crippen LogP contribution < -0.4 is 14.5 Å². The van der Waals surface area contributed by atoms with Gasteiger partial charge in [-0.2, -0.15) is 0 Å². The first-order valence-corrected chi connectivity index (χ1v) is 10.7. The van der Waals surface area contributed by atoms with Crippen molar-refractivity contribution >= 4 is 40.9 Å². The molecule has 0 unspecified atom stereocenters. The number of anilines is 2. The van der Waals surface area contributed by atoms with Gasteiger partial charge in [0.05, 0.1) is 29.8 Å². The Morgan fingerprint density at radius 3 is 2.67 bits per heavy atom. The van der Waals surface area contributed by atoms with E-state index in [2.05, 4.69) is 0 Å². The number of aromatic carboxylic acids is 1. The lowest BCUT2D eigenvalue weighted by Gasteiger charge is -2.36. The number of methoxy groups -OCH3 is 1. The van der Waals surface area contributed by atoms with Crippen molar-refractivity contribution in [2.24, 2.45) is 0 Å². The Bertz CT molecular complexity index is 962. The monoisotopic (exact) mass is 428 g/mol. The second-order valence-corrected chi connectivity index (χ2v) is 7.90. The van der Waals surface area contributed by atoms with E-state index in [4.69, 9.17) is 4.74 Å². The van der Waals surface area contributed by atoms with E-state index >= 15 is 0 Å². The van der Waals surface area contributed by atoms with Gasteiger partial charge in [0.2, 0.25) is 11.8 Å². The molecular formula is C22H24N2O5S. The number of benzene rings is 2. The van der Waals surface area contributed by atoms with E-state index in [-0.39, 0.29) is 29.7 Å². The summed E-state index contributed by atoms with van der Waals surface area (Å²) in [6, 6.07) is 11.9. The average Bonchev–Trinajstić information content (AvgIpc) is 2.76. The highest BCUT2D eigenvalue weighted by Gasteiger charge is 2.32.